The normalized spacial score (nSPS) is 22.8. The molecule has 3 heterocycles. The van der Waals surface area contributed by atoms with Crippen molar-refractivity contribution in [2.75, 3.05) is 26.2 Å². The number of nitrogens with zero attached hydrogens (tertiary/aromatic N) is 4. The molecule has 1 aromatic rings. The molecule has 0 aromatic carbocycles. The van der Waals surface area contributed by atoms with Gasteiger partial charge in [0.25, 0.3) is 5.91 Å². The van der Waals surface area contributed by atoms with Crippen LogP contribution in [0.1, 0.15) is 23.3 Å². The Labute approximate surface area is 116 Å². The van der Waals surface area contributed by atoms with Gasteiger partial charge in [0.05, 0.1) is 0 Å². The summed E-state index contributed by atoms with van der Waals surface area (Å²) in [6.45, 7) is 3.32. The molecule has 0 aliphatic carbocycles. The number of carboxylic acid groups (broad SMARTS) is 1. The highest BCUT2D eigenvalue weighted by atomic mass is 16.4. The lowest BCUT2D eigenvalue weighted by atomic mass is 10.1. The van der Waals surface area contributed by atoms with Gasteiger partial charge >= 0.3 is 5.97 Å². The number of piperazine rings is 1. The minimum Gasteiger partial charge on any atom is -0.480 e. The van der Waals surface area contributed by atoms with E-state index in [0.717, 1.165) is 32.6 Å². The van der Waals surface area contributed by atoms with E-state index in [9.17, 15) is 9.59 Å². The molecule has 2 fully saturated rings. The molecule has 108 valence electrons. The lowest BCUT2D eigenvalue weighted by molar-refractivity contribution is -0.137. The molecule has 1 atom stereocenters. The van der Waals surface area contributed by atoms with Gasteiger partial charge in [-0.3, -0.25) is 19.2 Å². The van der Waals surface area contributed by atoms with Crippen LogP contribution in [0.2, 0.25) is 0 Å². The predicted molar refractivity (Wildman–Crippen MR) is 70.4 cm³/mol. The molecule has 0 saturated carbocycles. The molecule has 1 N–H and O–H groups in total. The van der Waals surface area contributed by atoms with Gasteiger partial charge in [0.15, 0.2) is 0 Å². The molecule has 20 heavy (non-hydrogen) atoms. The maximum atomic E-state index is 12.4. The number of fused-ring (bicyclic) bond motifs is 1. The highest BCUT2D eigenvalue weighted by molar-refractivity contribution is 5.92. The molecule has 2 saturated heterocycles. The largest absolute Gasteiger partial charge is 0.480 e. The first-order valence-corrected chi connectivity index (χ1v) is 6.92. The predicted octanol–water partition coefficient (Wildman–Crippen LogP) is -0.112. The monoisotopic (exact) mass is 278 g/mol. The first kappa shape index (κ1) is 13.1. The number of carbonyl (C=O) groups is 2. The van der Waals surface area contributed by atoms with Crippen molar-refractivity contribution in [1.82, 2.24) is 19.6 Å². The molecule has 3 rings (SSSR count). The second kappa shape index (κ2) is 5.24. The standard InChI is InChI=1S/C13H18N4O3/c18-12(19)9-17-5-3-11(14-17)13(20)16-7-6-15-4-1-2-10(15)8-16/h3,5,10H,1-2,4,6-9H2,(H,18,19). The molecule has 0 radical (unpaired) electrons. The fourth-order valence-corrected chi connectivity index (χ4v) is 3.04. The fraction of sp³-hybridized carbons (Fsp3) is 0.615. The minimum atomic E-state index is -0.966. The summed E-state index contributed by atoms with van der Waals surface area (Å²) in [5, 5.41) is 12.7. The summed E-state index contributed by atoms with van der Waals surface area (Å²) in [6.07, 6.45) is 3.89. The number of aliphatic carboxylic acids is 1. The van der Waals surface area contributed by atoms with Gasteiger partial charge < -0.3 is 10.0 Å². The molecule has 0 spiro atoms. The van der Waals surface area contributed by atoms with E-state index in [0.29, 0.717) is 11.7 Å². The Balaban J connectivity index is 1.66. The van der Waals surface area contributed by atoms with Crippen molar-refractivity contribution < 1.29 is 14.7 Å². The van der Waals surface area contributed by atoms with Crippen LogP contribution in [-0.4, -0.2) is 68.8 Å². The van der Waals surface area contributed by atoms with Gasteiger partial charge in [0.1, 0.15) is 12.2 Å². The Hall–Kier alpha value is -1.89. The summed E-state index contributed by atoms with van der Waals surface area (Å²) in [4.78, 5) is 27.3. The molecule has 2 aliphatic heterocycles. The number of rotatable bonds is 3. The van der Waals surface area contributed by atoms with Crippen LogP contribution in [0.3, 0.4) is 0 Å². The Morgan fingerprint density at radius 2 is 2.20 bits per heavy atom. The number of aromatic nitrogens is 2. The number of carboxylic acids is 1. The van der Waals surface area contributed by atoms with Gasteiger partial charge in [-0.25, -0.2) is 0 Å². The maximum absolute atomic E-state index is 12.4. The highest BCUT2D eigenvalue weighted by Gasteiger charge is 2.33. The van der Waals surface area contributed by atoms with E-state index in [1.54, 1.807) is 6.07 Å². The van der Waals surface area contributed by atoms with Gasteiger partial charge in [-0.15, -0.1) is 0 Å². The van der Waals surface area contributed by atoms with Crippen LogP contribution < -0.4 is 0 Å². The van der Waals surface area contributed by atoms with Crippen LogP contribution in [0.5, 0.6) is 0 Å². The molecule has 1 unspecified atom stereocenters. The molecular formula is C13H18N4O3. The fourth-order valence-electron chi connectivity index (χ4n) is 3.04. The van der Waals surface area contributed by atoms with Crippen LogP contribution in [0.4, 0.5) is 0 Å². The van der Waals surface area contributed by atoms with Crippen molar-refractivity contribution in [1.29, 1.82) is 0 Å². The molecule has 2 aliphatic rings. The highest BCUT2D eigenvalue weighted by Crippen LogP contribution is 2.22. The third-order valence-electron chi connectivity index (χ3n) is 4.03. The van der Waals surface area contributed by atoms with Crippen LogP contribution in [0.15, 0.2) is 12.3 Å². The van der Waals surface area contributed by atoms with Crippen molar-refractivity contribution in [3.63, 3.8) is 0 Å². The molecule has 0 bridgehead atoms. The summed E-state index contributed by atoms with van der Waals surface area (Å²) >= 11 is 0. The van der Waals surface area contributed by atoms with E-state index >= 15 is 0 Å². The summed E-state index contributed by atoms with van der Waals surface area (Å²) in [6, 6.07) is 2.07. The molecule has 7 nitrogen and oxygen atoms in total. The third kappa shape index (κ3) is 2.53. The van der Waals surface area contributed by atoms with E-state index < -0.39 is 5.97 Å². The molecular weight excluding hydrogens is 260 g/mol. The van der Waals surface area contributed by atoms with Crippen molar-refractivity contribution in [2.24, 2.45) is 0 Å². The summed E-state index contributed by atoms with van der Waals surface area (Å²) < 4.78 is 1.28. The molecule has 1 amide bonds. The zero-order valence-electron chi connectivity index (χ0n) is 11.2. The smallest absolute Gasteiger partial charge is 0.325 e. The zero-order chi connectivity index (χ0) is 14.1. The van der Waals surface area contributed by atoms with Crippen molar-refractivity contribution in [3.05, 3.63) is 18.0 Å². The molecule has 1 aromatic heterocycles. The van der Waals surface area contributed by atoms with Gasteiger partial charge in [-0.1, -0.05) is 0 Å². The van der Waals surface area contributed by atoms with Crippen LogP contribution in [-0.2, 0) is 11.3 Å². The summed E-state index contributed by atoms with van der Waals surface area (Å²) in [5.74, 6) is -1.06. The molecule has 7 heteroatoms. The SMILES string of the molecule is O=C(O)Cn1ccc(C(=O)N2CCN3CCCC3C2)n1. The van der Waals surface area contributed by atoms with Gasteiger partial charge in [0.2, 0.25) is 0 Å². The average Bonchev–Trinajstić information content (AvgIpc) is 3.04. The van der Waals surface area contributed by atoms with E-state index in [4.69, 9.17) is 5.11 Å². The quantitative estimate of drug-likeness (QED) is 0.834. The topological polar surface area (TPSA) is 78.7 Å². The second-order valence-electron chi connectivity index (χ2n) is 5.38. The van der Waals surface area contributed by atoms with E-state index in [-0.39, 0.29) is 12.5 Å². The number of hydrogen-bond acceptors (Lipinski definition) is 4. The Morgan fingerprint density at radius 3 is 3.00 bits per heavy atom. The summed E-state index contributed by atoms with van der Waals surface area (Å²) in [7, 11) is 0. The van der Waals surface area contributed by atoms with Crippen molar-refractivity contribution in [3.8, 4) is 0 Å². The first-order chi connectivity index (χ1) is 9.63. The van der Waals surface area contributed by atoms with Crippen LogP contribution in [0.25, 0.3) is 0 Å². The van der Waals surface area contributed by atoms with Crippen molar-refractivity contribution >= 4 is 11.9 Å². The van der Waals surface area contributed by atoms with Gasteiger partial charge in [0, 0.05) is 31.9 Å². The van der Waals surface area contributed by atoms with Crippen molar-refractivity contribution in [2.45, 2.75) is 25.4 Å². The number of amides is 1. The van der Waals surface area contributed by atoms with Gasteiger partial charge in [-0.2, -0.15) is 5.10 Å². The van der Waals surface area contributed by atoms with Crippen LogP contribution >= 0.6 is 0 Å². The second-order valence-corrected chi connectivity index (χ2v) is 5.38. The maximum Gasteiger partial charge on any atom is 0.325 e. The number of carbonyl (C=O) groups excluding carboxylic acids is 1. The zero-order valence-corrected chi connectivity index (χ0v) is 11.2. The lowest BCUT2D eigenvalue weighted by Gasteiger charge is -2.37. The first-order valence-electron chi connectivity index (χ1n) is 6.92. The Morgan fingerprint density at radius 1 is 1.35 bits per heavy atom. The van der Waals surface area contributed by atoms with E-state index in [1.165, 1.54) is 17.3 Å². The lowest BCUT2D eigenvalue weighted by Crippen LogP contribution is -2.52. The van der Waals surface area contributed by atoms with E-state index in [1.807, 2.05) is 4.90 Å². The number of hydrogen-bond donors (Lipinski definition) is 1. The Bertz CT molecular complexity index is 527. The Kier molecular flexibility index (Phi) is 3.43. The van der Waals surface area contributed by atoms with Gasteiger partial charge in [-0.05, 0) is 25.5 Å². The third-order valence-corrected chi connectivity index (χ3v) is 4.03. The average molecular weight is 278 g/mol. The van der Waals surface area contributed by atoms with E-state index in [2.05, 4.69) is 10.00 Å². The minimum absolute atomic E-state index is 0.0966. The summed E-state index contributed by atoms with van der Waals surface area (Å²) in [5.41, 5.74) is 0.331. The van der Waals surface area contributed by atoms with Crippen LogP contribution in [0, 0.1) is 0 Å².